The lowest BCUT2D eigenvalue weighted by Gasteiger charge is -2.10. The summed E-state index contributed by atoms with van der Waals surface area (Å²) in [5.74, 6) is 0. The highest BCUT2D eigenvalue weighted by molar-refractivity contribution is 5.85. The first-order valence-corrected chi connectivity index (χ1v) is 3.98. The van der Waals surface area contributed by atoms with Crippen LogP contribution in [0.3, 0.4) is 0 Å². The summed E-state index contributed by atoms with van der Waals surface area (Å²) in [6.07, 6.45) is 0. The molecule has 1 aromatic carbocycles. The van der Waals surface area contributed by atoms with Crippen molar-refractivity contribution in [2.24, 2.45) is 0 Å². The standard InChI is InChI=1S/C10H15N.ClH/c1-8-5-4-6-10(7-8)9(2)11-3;/h4-7,9,11H,1-3H3;1H. The van der Waals surface area contributed by atoms with Crippen molar-refractivity contribution in [1.82, 2.24) is 5.32 Å². The molecule has 1 aromatic rings. The van der Waals surface area contributed by atoms with E-state index in [-0.39, 0.29) is 12.4 Å². The van der Waals surface area contributed by atoms with Gasteiger partial charge < -0.3 is 5.32 Å². The molecule has 0 saturated carbocycles. The van der Waals surface area contributed by atoms with Crippen molar-refractivity contribution in [1.29, 1.82) is 0 Å². The zero-order valence-electron chi connectivity index (χ0n) is 7.79. The summed E-state index contributed by atoms with van der Waals surface area (Å²) >= 11 is 0. The van der Waals surface area contributed by atoms with Gasteiger partial charge in [-0.15, -0.1) is 12.4 Å². The van der Waals surface area contributed by atoms with Crippen molar-refractivity contribution in [3.05, 3.63) is 35.4 Å². The van der Waals surface area contributed by atoms with Crippen molar-refractivity contribution in [2.75, 3.05) is 7.05 Å². The first kappa shape index (κ1) is 11.5. The molecule has 0 radical (unpaired) electrons. The van der Waals surface area contributed by atoms with Crippen LogP contribution < -0.4 is 5.32 Å². The average Bonchev–Trinajstić information content (AvgIpc) is 2.03. The van der Waals surface area contributed by atoms with Gasteiger partial charge in [0, 0.05) is 6.04 Å². The molecule has 0 saturated heterocycles. The van der Waals surface area contributed by atoms with Gasteiger partial charge in [-0.25, -0.2) is 0 Å². The molecule has 0 aliphatic rings. The van der Waals surface area contributed by atoms with Crippen LogP contribution in [0.5, 0.6) is 0 Å². The van der Waals surface area contributed by atoms with E-state index in [2.05, 4.69) is 43.4 Å². The first-order valence-electron chi connectivity index (χ1n) is 3.98. The van der Waals surface area contributed by atoms with Crippen LogP contribution in [-0.2, 0) is 0 Å². The van der Waals surface area contributed by atoms with E-state index in [4.69, 9.17) is 0 Å². The second-order valence-corrected chi connectivity index (χ2v) is 2.92. The van der Waals surface area contributed by atoms with Gasteiger partial charge in [-0.2, -0.15) is 0 Å². The lowest BCUT2D eigenvalue weighted by molar-refractivity contribution is 0.652. The molecule has 0 heterocycles. The van der Waals surface area contributed by atoms with E-state index in [1.165, 1.54) is 11.1 Å². The second kappa shape index (κ2) is 5.18. The van der Waals surface area contributed by atoms with Crippen molar-refractivity contribution < 1.29 is 0 Å². The van der Waals surface area contributed by atoms with Crippen LogP contribution in [0.15, 0.2) is 24.3 Å². The molecule has 68 valence electrons. The Balaban J connectivity index is 0.00000121. The van der Waals surface area contributed by atoms with Crippen LogP contribution in [0, 0.1) is 6.92 Å². The maximum atomic E-state index is 3.21. The molecular weight excluding hydrogens is 170 g/mol. The Bertz CT molecular complexity index is 235. The molecule has 0 aliphatic heterocycles. The SMILES string of the molecule is CNC(C)c1cccc(C)c1.Cl. The molecule has 0 amide bonds. The third-order valence-electron chi connectivity index (χ3n) is 1.98. The minimum atomic E-state index is 0. The Morgan fingerprint density at radius 3 is 2.50 bits per heavy atom. The fourth-order valence-electron chi connectivity index (χ4n) is 1.11. The number of halogens is 1. The Kier molecular flexibility index (Phi) is 4.95. The second-order valence-electron chi connectivity index (χ2n) is 2.92. The predicted octanol–water partition coefficient (Wildman–Crippen LogP) is 2.70. The van der Waals surface area contributed by atoms with Crippen LogP contribution in [0.2, 0.25) is 0 Å². The van der Waals surface area contributed by atoms with Gasteiger partial charge in [0.1, 0.15) is 0 Å². The third-order valence-corrected chi connectivity index (χ3v) is 1.98. The number of rotatable bonds is 2. The maximum Gasteiger partial charge on any atom is 0.0289 e. The third kappa shape index (κ3) is 2.84. The Morgan fingerprint density at radius 2 is 2.00 bits per heavy atom. The molecule has 0 spiro atoms. The van der Waals surface area contributed by atoms with Crippen LogP contribution in [0.1, 0.15) is 24.1 Å². The van der Waals surface area contributed by atoms with E-state index in [1.807, 2.05) is 7.05 Å². The summed E-state index contributed by atoms with van der Waals surface area (Å²) in [6, 6.07) is 9.02. The number of hydrogen-bond donors (Lipinski definition) is 1. The van der Waals surface area contributed by atoms with Crippen molar-refractivity contribution in [3.63, 3.8) is 0 Å². The molecule has 1 rings (SSSR count). The summed E-state index contributed by atoms with van der Waals surface area (Å²) < 4.78 is 0. The maximum absolute atomic E-state index is 3.21. The van der Waals surface area contributed by atoms with Gasteiger partial charge in [0.15, 0.2) is 0 Å². The summed E-state index contributed by atoms with van der Waals surface area (Å²) in [6.45, 7) is 4.28. The quantitative estimate of drug-likeness (QED) is 0.747. The fourth-order valence-corrected chi connectivity index (χ4v) is 1.11. The zero-order chi connectivity index (χ0) is 8.27. The van der Waals surface area contributed by atoms with Gasteiger partial charge in [0.2, 0.25) is 0 Å². The monoisotopic (exact) mass is 185 g/mol. The number of nitrogens with one attached hydrogen (secondary N) is 1. The van der Waals surface area contributed by atoms with Crippen LogP contribution in [0.25, 0.3) is 0 Å². The molecule has 1 N–H and O–H groups in total. The summed E-state index contributed by atoms with van der Waals surface area (Å²) in [4.78, 5) is 0. The van der Waals surface area contributed by atoms with Crippen LogP contribution in [-0.4, -0.2) is 7.05 Å². The van der Waals surface area contributed by atoms with E-state index >= 15 is 0 Å². The number of hydrogen-bond acceptors (Lipinski definition) is 1. The van der Waals surface area contributed by atoms with Gasteiger partial charge >= 0.3 is 0 Å². The van der Waals surface area contributed by atoms with Crippen molar-refractivity contribution >= 4 is 12.4 Å². The van der Waals surface area contributed by atoms with E-state index in [0.717, 1.165) is 0 Å². The lowest BCUT2D eigenvalue weighted by Crippen LogP contribution is -2.12. The summed E-state index contributed by atoms with van der Waals surface area (Å²) in [7, 11) is 1.98. The topological polar surface area (TPSA) is 12.0 Å². The number of aryl methyl sites for hydroxylation is 1. The lowest BCUT2D eigenvalue weighted by atomic mass is 10.1. The minimum absolute atomic E-state index is 0. The molecule has 1 nitrogen and oxygen atoms in total. The van der Waals surface area contributed by atoms with Crippen LogP contribution >= 0.6 is 12.4 Å². The summed E-state index contributed by atoms with van der Waals surface area (Å²) in [5, 5.41) is 3.21. The van der Waals surface area contributed by atoms with E-state index in [9.17, 15) is 0 Å². The highest BCUT2D eigenvalue weighted by atomic mass is 35.5. The molecule has 0 bridgehead atoms. The van der Waals surface area contributed by atoms with E-state index in [1.54, 1.807) is 0 Å². The smallest absolute Gasteiger partial charge is 0.0289 e. The molecule has 1 unspecified atom stereocenters. The van der Waals surface area contributed by atoms with Gasteiger partial charge in [0.25, 0.3) is 0 Å². The van der Waals surface area contributed by atoms with Gasteiger partial charge in [-0.1, -0.05) is 29.8 Å². The molecule has 0 aromatic heterocycles. The fraction of sp³-hybridized carbons (Fsp3) is 0.400. The molecular formula is C10H16ClN. The minimum Gasteiger partial charge on any atom is -0.313 e. The van der Waals surface area contributed by atoms with E-state index in [0.29, 0.717) is 6.04 Å². The summed E-state index contributed by atoms with van der Waals surface area (Å²) in [5.41, 5.74) is 2.68. The van der Waals surface area contributed by atoms with Gasteiger partial charge in [0.05, 0.1) is 0 Å². The zero-order valence-corrected chi connectivity index (χ0v) is 8.61. The molecule has 12 heavy (non-hydrogen) atoms. The molecule has 1 atom stereocenters. The van der Waals surface area contributed by atoms with Crippen molar-refractivity contribution in [3.8, 4) is 0 Å². The van der Waals surface area contributed by atoms with Gasteiger partial charge in [-0.05, 0) is 26.5 Å². The Morgan fingerprint density at radius 1 is 1.33 bits per heavy atom. The Labute approximate surface area is 80.6 Å². The first-order chi connectivity index (χ1) is 5.24. The largest absolute Gasteiger partial charge is 0.313 e. The van der Waals surface area contributed by atoms with Crippen LogP contribution in [0.4, 0.5) is 0 Å². The normalized spacial score (nSPS) is 11.9. The molecule has 0 fully saturated rings. The van der Waals surface area contributed by atoms with Gasteiger partial charge in [-0.3, -0.25) is 0 Å². The molecule has 2 heteroatoms. The Hall–Kier alpha value is -0.530. The average molecular weight is 186 g/mol. The van der Waals surface area contributed by atoms with Crippen molar-refractivity contribution in [2.45, 2.75) is 19.9 Å². The number of benzene rings is 1. The predicted molar refractivity (Wildman–Crippen MR) is 55.9 cm³/mol. The highest BCUT2D eigenvalue weighted by Crippen LogP contribution is 2.12. The highest BCUT2D eigenvalue weighted by Gasteiger charge is 1.99. The van der Waals surface area contributed by atoms with E-state index < -0.39 is 0 Å². The molecule has 0 aliphatic carbocycles.